The van der Waals surface area contributed by atoms with Crippen LogP contribution in [0.4, 0.5) is 4.39 Å². The van der Waals surface area contributed by atoms with Crippen LogP contribution in [0.3, 0.4) is 0 Å². The van der Waals surface area contributed by atoms with Crippen molar-refractivity contribution < 1.29 is 9.50 Å². The Hall–Kier alpha value is -2.07. The molecule has 0 aliphatic heterocycles. The zero-order valence-electron chi connectivity index (χ0n) is 11.6. The van der Waals surface area contributed by atoms with Crippen LogP contribution < -0.4 is 0 Å². The van der Waals surface area contributed by atoms with Crippen LogP contribution in [0.2, 0.25) is 5.02 Å². The molecule has 5 heteroatoms. The van der Waals surface area contributed by atoms with Gasteiger partial charge in [0.1, 0.15) is 17.4 Å². The Kier molecular flexibility index (Phi) is 3.33. The molecule has 3 aromatic rings. The lowest BCUT2D eigenvalue weighted by atomic mass is 10.2. The molecule has 3 nitrogen and oxygen atoms in total. The van der Waals surface area contributed by atoms with Gasteiger partial charge in [-0.15, -0.1) is 0 Å². The van der Waals surface area contributed by atoms with Crippen LogP contribution in [0, 0.1) is 5.82 Å². The molecule has 0 fully saturated rings. The number of rotatable bonds is 2. The van der Waals surface area contributed by atoms with E-state index in [1.165, 1.54) is 12.1 Å². The summed E-state index contributed by atoms with van der Waals surface area (Å²) in [6.07, 6.45) is 0. The molecule has 21 heavy (non-hydrogen) atoms. The molecule has 1 aromatic heterocycles. The molecule has 3 rings (SSSR count). The number of benzene rings is 2. The van der Waals surface area contributed by atoms with Gasteiger partial charge in [-0.05, 0) is 44.2 Å². The van der Waals surface area contributed by atoms with E-state index in [1.54, 1.807) is 6.07 Å². The number of hydrogen-bond donors (Lipinski definition) is 1. The van der Waals surface area contributed by atoms with E-state index in [9.17, 15) is 9.50 Å². The third-order valence-corrected chi connectivity index (χ3v) is 3.60. The third-order valence-electron chi connectivity index (χ3n) is 3.36. The standard InChI is InChI=1S/C16H14ClFN2O/c1-9(2)20-15-7-10(17)3-6-14(15)19-16(20)12-5-4-11(21)8-13(12)18/h3-9,21H,1-2H3. The van der Waals surface area contributed by atoms with Gasteiger partial charge in [0.25, 0.3) is 0 Å². The summed E-state index contributed by atoms with van der Waals surface area (Å²) in [4.78, 5) is 4.52. The number of nitrogens with zero attached hydrogens (tertiary/aromatic N) is 2. The minimum Gasteiger partial charge on any atom is -0.508 e. The summed E-state index contributed by atoms with van der Waals surface area (Å²) >= 11 is 6.05. The number of imidazole rings is 1. The van der Waals surface area contributed by atoms with E-state index in [0.717, 1.165) is 17.1 Å². The molecular weight excluding hydrogens is 291 g/mol. The maximum absolute atomic E-state index is 14.1. The molecule has 0 aliphatic carbocycles. The average Bonchev–Trinajstić information content (AvgIpc) is 2.76. The number of halogens is 2. The highest BCUT2D eigenvalue weighted by molar-refractivity contribution is 6.31. The Morgan fingerprint density at radius 3 is 2.62 bits per heavy atom. The van der Waals surface area contributed by atoms with Gasteiger partial charge in [-0.1, -0.05) is 11.6 Å². The summed E-state index contributed by atoms with van der Waals surface area (Å²) in [5, 5.41) is 9.97. The minimum atomic E-state index is -0.502. The van der Waals surface area contributed by atoms with Gasteiger partial charge in [-0.25, -0.2) is 9.37 Å². The fourth-order valence-corrected chi connectivity index (χ4v) is 2.63. The summed E-state index contributed by atoms with van der Waals surface area (Å²) in [6, 6.07) is 9.58. The van der Waals surface area contributed by atoms with E-state index in [0.29, 0.717) is 16.4 Å². The summed E-state index contributed by atoms with van der Waals surface area (Å²) in [5.41, 5.74) is 1.98. The van der Waals surface area contributed by atoms with E-state index in [2.05, 4.69) is 4.98 Å². The molecule has 0 saturated heterocycles. The molecule has 0 unspecified atom stereocenters. The highest BCUT2D eigenvalue weighted by Gasteiger charge is 2.18. The summed E-state index contributed by atoms with van der Waals surface area (Å²) < 4.78 is 16.1. The Balaban J connectivity index is 2.34. The van der Waals surface area contributed by atoms with Crippen molar-refractivity contribution in [1.29, 1.82) is 0 Å². The molecule has 1 heterocycles. The van der Waals surface area contributed by atoms with E-state index in [-0.39, 0.29) is 11.8 Å². The van der Waals surface area contributed by atoms with Gasteiger partial charge >= 0.3 is 0 Å². The van der Waals surface area contributed by atoms with Crippen molar-refractivity contribution in [2.45, 2.75) is 19.9 Å². The SMILES string of the molecule is CC(C)n1c(-c2ccc(O)cc2F)nc2ccc(Cl)cc21. The molecule has 0 aliphatic rings. The van der Waals surface area contributed by atoms with Crippen LogP contribution >= 0.6 is 11.6 Å². The molecule has 2 aromatic carbocycles. The first-order valence-electron chi connectivity index (χ1n) is 6.63. The van der Waals surface area contributed by atoms with Crippen molar-refractivity contribution in [3.63, 3.8) is 0 Å². The summed E-state index contributed by atoms with van der Waals surface area (Å²) in [6.45, 7) is 4.01. The maximum Gasteiger partial charge on any atom is 0.144 e. The number of fused-ring (bicyclic) bond motifs is 1. The quantitative estimate of drug-likeness (QED) is 0.739. The highest BCUT2D eigenvalue weighted by atomic mass is 35.5. The van der Waals surface area contributed by atoms with Crippen LogP contribution in [-0.2, 0) is 0 Å². The van der Waals surface area contributed by atoms with Crippen LogP contribution in [0.15, 0.2) is 36.4 Å². The first kappa shape index (κ1) is 13.9. The average molecular weight is 305 g/mol. The van der Waals surface area contributed by atoms with Gasteiger partial charge in [0.05, 0.1) is 16.6 Å². The second-order valence-electron chi connectivity index (χ2n) is 5.20. The van der Waals surface area contributed by atoms with Crippen molar-refractivity contribution in [3.05, 3.63) is 47.2 Å². The number of aromatic hydroxyl groups is 1. The lowest BCUT2D eigenvalue weighted by Gasteiger charge is -2.13. The van der Waals surface area contributed by atoms with E-state index < -0.39 is 5.82 Å². The summed E-state index contributed by atoms with van der Waals surface area (Å²) in [7, 11) is 0. The van der Waals surface area contributed by atoms with Gasteiger partial charge < -0.3 is 9.67 Å². The Morgan fingerprint density at radius 1 is 1.19 bits per heavy atom. The number of hydrogen-bond acceptors (Lipinski definition) is 2. The normalized spacial score (nSPS) is 11.5. The minimum absolute atomic E-state index is 0.0941. The predicted molar refractivity (Wildman–Crippen MR) is 82.2 cm³/mol. The molecule has 0 bridgehead atoms. The molecule has 0 atom stereocenters. The fourth-order valence-electron chi connectivity index (χ4n) is 2.46. The summed E-state index contributed by atoms with van der Waals surface area (Å²) in [5.74, 6) is -0.0791. The fraction of sp³-hybridized carbons (Fsp3) is 0.188. The number of phenolic OH excluding ortho intramolecular Hbond substituents is 1. The van der Waals surface area contributed by atoms with Crippen molar-refractivity contribution in [1.82, 2.24) is 9.55 Å². The Labute approximate surface area is 126 Å². The lowest BCUT2D eigenvalue weighted by Crippen LogP contribution is -2.04. The van der Waals surface area contributed by atoms with Gasteiger partial charge in [-0.2, -0.15) is 0 Å². The second-order valence-corrected chi connectivity index (χ2v) is 5.63. The first-order chi connectivity index (χ1) is 9.97. The largest absolute Gasteiger partial charge is 0.508 e. The zero-order chi connectivity index (χ0) is 15.1. The van der Waals surface area contributed by atoms with E-state index in [4.69, 9.17) is 11.6 Å². The zero-order valence-corrected chi connectivity index (χ0v) is 12.4. The van der Waals surface area contributed by atoms with Gasteiger partial charge in [-0.3, -0.25) is 0 Å². The molecule has 0 amide bonds. The van der Waals surface area contributed by atoms with E-state index >= 15 is 0 Å². The Morgan fingerprint density at radius 2 is 1.95 bits per heavy atom. The van der Waals surface area contributed by atoms with Crippen LogP contribution in [-0.4, -0.2) is 14.7 Å². The molecule has 0 spiro atoms. The number of aromatic nitrogens is 2. The smallest absolute Gasteiger partial charge is 0.144 e. The molecular formula is C16H14ClFN2O. The lowest BCUT2D eigenvalue weighted by molar-refractivity contribution is 0.469. The predicted octanol–water partition coefficient (Wildman–Crippen LogP) is 4.78. The topological polar surface area (TPSA) is 38.0 Å². The van der Waals surface area contributed by atoms with Crippen LogP contribution in [0.25, 0.3) is 22.4 Å². The molecule has 0 radical (unpaired) electrons. The molecule has 108 valence electrons. The van der Waals surface area contributed by atoms with Crippen molar-refractivity contribution in [2.75, 3.05) is 0 Å². The van der Waals surface area contributed by atoms with Gasteiger partial charge in [0.15, 0.2) is 0 Å². The van der Waals surface area contributed by atoms with Gasteiger partial charge in [0, 0.05) is 17.1 Å². The van der Waals surface area contributed by atoms with Crippen LogP contribution in [0.1, 0.15) is 19.9 Å². The van der Waals surface area contributed by atoms with E-state index in [1.807, 2.05) is 30.5 Å². The van der Waals surface area contributed by atoms with Crippen LogP contribution in [0.5, 0.6) is 5.75 Å². The maximum atomic E-state index is 14.1. The van der Waals surface area contributed by atoms with Crippen molar-refractivity contribution >= 4 is 22.6 Å². The van der Waals surface area contributed by atoms with Gasteiger partial charge in [0.2, 0.25) is 0 Å². The van der Waals surface area contributed by atoms with Crippen molar-refractivity contribution in [3.8, 4) is 17.1 Å². The highest BCUT2D eigenvalue weighted by Crippen LogP contribution is 2.32. The molecule has 0 saturated carbocycles. The Bertz CT molecular complexity index is 827. The van der Waals surface area contributed by atoms with Crippen molar-refractivity contribution in [2.24, 2.45) is 0 Å². The monoisotopic (exact) mass is 304 g/mol. The first-order valence-corrected chi connectivity index (χ1v) is 7.01. The third kappa shape index (κ3) is 2.36. The second kappa shape index (κ2) is 5.04. The number of phenols is 1. The molecule has 1 N–H and O–H groups in total.